The van der Waals surface area contributed by atoms with Gasteiger partial charge in [-0.1, -0.05) is 32.9 Å². The van der Waals surface area contributed by atoms with Gasteiger partial charge in [-0.2, -0.15) is 0 Å². The molecule has 5 nitrogen and oxygen atoms in total. The maximum absolute atomic E-state index is 12.1. The average molecular weight is 455 g/mol. The summed E-state index contributed by atoms with van der Waals surface area (Å²) < 4.78 is 6.81. The summed E-state index contributed by atoms with van der Waals surface area (Å²) in [6.45, 7) is 6.30. The second kappa shape index (κ2) is 8.25. The quantitative estimate of drug-likeness (QED) is 0.555. The van der Waals surface area contributed by atoms with Gasteiger partial charge in [-0.3, -0.25) is 9.78 Å². The van der Waals surface area contributed by atoms with Crippen LogP contribution >= 0.6 is 15.9 Å². The number of carbonyl (C=O) groups is 1. The molecule has 0 spiro atoms. The number of carbonyl (C=O) groups excluding carboxylic acids is 1. The highest BCUT2D eigenvalue weighted by Gasteiger charge is 2.26. The molecule has 0 radical (unpaired) electrons. The number of hydrogen-bond acceptors (Lipinski definition) is 4. The molecule has 0 aliphatic carbocycles. The standard InChI is InChI=1S/C23H23BrN2O3/c1-23(2,3)21-19(27)8-7-18(22(25)28)20(21)15-5-4-6-17(10-15)29-13-14-9-16(24)12-26-11-14/h4-12,27H,13H2,1-3H3,(H2,25,28). The van der Waals surface area contributed by atoms with Crippen molar-refractivity contribution >= 4 is 21.8 Å². The predicted octanol–water partition coefficient (Wildman–Crippen LogP) is 5.19. The Labute approximate surface area is 178 Å². The van der Waals surface area contributed by atoms with Crippen LogP contribution < -0.4 is 10.5 Å². The molecule has 29 heavy (non-hydrogen) atoms. The Morgan fingerprint density at radius 1 is 1.17 bits per heavy atom. The molecular weight excluding hydrogens is 432 g/mol. The minimum Gasteiger partial charge on any atom is -0.508 e. The number of phenols is 1. The van der Waals surface area contributed by atoms with Crippen LogP contribution in [0, 0.1) is 0 Å². The molecule has 1 amide bonds. The van der Waals surface area contributed by atoms with Crippen molar-refractivity contribution in [2.75, 3.05) is 0 Å². The summed E-state index contributed by atoms with van der Waals surface area (Å²) in [5.74, 6) is 0.224. The lowest BCUT2D eigenvalue weighted by Gasteiger charge is -2.26. The van der Waals surface area contributed by atoms with Crippen LogP contribution in [0.4, 0.5) is 0 Å². The molecule has 1 heterocycles. The Hall–Kier alpha value is -2.86. The fourth-order valence-electron chi connectivity index (χ4n) is 3.30. The Morgan fingerprint density at radius 2 is 1.93 bits per heavy atom. The number of phenolic OH excluding ortho intramolecular Hbond substituents is 1. The Bertz CT molecular complexity index is 1060. The smallest absolute Gasteiger partial charge is 0.249 e. The van der Waals surface area contributed by atoms with Crippen molar-refractivity contribution in [3.05, 3.63) is 76.0 Å². The Kier molecular flexibility index (Phi) is 5.94. The van der Waals surface area contributed by atoms with E-state index in [2.05, 4.69) is 20.9 Å². The van der Waals surface area contributed by atoms with E-state index < -0.39 is 11.3 Å². The van der Waals surface area contributed by atoms with Gasteiger partial charge in [-0.05, 0) is 57.2 Å². The third-order valence-corrected chi connectivity index (χ3v) is 4.92. The van der Waals surface area contributed by atoms with Gasteiger partial charge in [-0.25, -0.2) is 0 Å². The summed E-state index contributed by atoms with van der Waals surface area (Å²) in [4.78, 5) is 16.2. The molecule has 0 saturated carbocycles. The van der Waals surface area contributed by atoms with Crippen molar-refractivity contribution in [1.82, 2.24) is 4.98 Å². The van der Waals surface area contributed by atoms with Gasteiger partial charge in [0.2, 0.25) is 5.91 Å². The van der Waals surface area contributed by atoms with Gasteiger partial charge >= 0.3 is 0 Å². The molecule has 3 rings (SSSR count). The highest BCUT2D eigenvalue weighted by atomic mass is 79.9. The summed E-state index contributed by atoms with van der Waals surface area (Å²) in [5, 5.41) is 10.5. The molecule has 1 aromatic heterocycles. The maximum atomic E-state index is 12.1. The van der Waals surface area contributed by atoms with Crippen LogP contribution in [0.2, 0.25) is 0 Å². The molecule has 3 aromatic rings. The van der Waals surface area contributed by atoms with E-state index in [0.29, 0.717) is 29.0 Å². The molecule has 2 aromatic carbocycles. The molecule has 0 unspecified atom stereocenters. The monoisotopic (exact) mass is 454 g/mol. The van der Waals surface area contributed by atoms with Crippen molar-refractivity contribution in [3.63, 3.8) is 0 Å². The third kappa shape index (κ3) is 4.77. The number of pyridine rings is 1. The number of nitrogens with two attached hydrogens (primary N) is 1. The number of aromatic hydroxyl groups is 1. The zero-order chi connectivity index (χ0) is 21.2. The van der Waals surface area contributed by atoms with E-state index in [0.717, 1.165) is 15.6 Å². The van der Waals surface area contributed by atoms with Crippen LogP contribution in [-0.4, -0.2) is 16.0 Å². The van der Waals surface area contributed by atoms with Gasteiger partial charge in [0.05, 0.1) is 0 Å². The van der Waals surface area contributed by atoms with E-state index >= 15 is 0 Å². The van der Waals surface area contributed by atoms with Crippen molar-refractivity contribution in [2.45, 2.75) is 32.8 Å². The fourth-order valence-corrected chi connectivity index (χ4v) is 3.71. The van der Waals surface area contributed by atoms with Crippen LogP contribution in [0.5, 0.6) is 11.5 Å². The van der Waals surface area contributed by atoms with Crippen molar-refractivity contribution in [2.24, 2.45) is 5.73 Å². The van der Waals surface area contributed by atoms with Crippen molar-refractivity contribution < 1.29 is 14.6 Å². The largest absolute Gasteiger partial charge is 0.508 e. The SMILES string of the molecule is CC(C)(C)c1c(O)ccc(C(N)=O)c1-c1cccc(OCc2cncc(Br)c2)c1. The summed E-state index contributed by atoms with van der Waals surface area (Å²) in [5.41, 5.74) is 8.57. The Balaban J connectivity index is 2.04. The highest BCUT2D eigenvalue weighted by Crippen LogP contribution is 2.41. The molecule has 0 saturated heterocycles. The lowest BCUT2D eigenvalue weighted by atomic mass is 9.79. The van der Waals surface area contributed by atoms with E-state index in [1.54, 1.807) is 18.5 Å². The van der Waals surface area contributed by atoms with E-state index in [9.17, 15) is 9.90 Å². The minimum atomic E-state index is -0.544. The second-order valence-electron chi connectivity index (χ2n) is 7.82. The number of amides is 1. The van der Waals surface area contributed by atoms with Crippen LogP contribution in [-0.2, 0) is 12.0 Å². The summed E-state index contributed by atoms with van der Waals surface area (Å²) >= 11 is 3.40. The van der Waals surface area contributed by atoms with E-state index in [1.165, 1.54) is 6.07 Å². The molecule has 150 valence electrons. The van der Waals surface area contributed by atoms with Gasteiger partial charge in [-0.15, -0.1) is 0 Å². The first kappa shape index (κ1) is 20.9. The van der Waals surface area contributed by atoms with Crippen LogP contribution in [0.1, 0.15) is 42.3 Å². The summed E-state index contributed by atoms with van der Waals surface area (Å²) in [7, 11) is 0. The van der Waals surface area contributed by atoms with Crippen LogP contribution in [0.15, 0.2) is 59.3 Å². The minimum absolute atomic E-state index is 0.129. The molecular formula is C23H23BrN2O3. The van der Waals surface area contributed by atoms with Crippen molar-refractivity contribution in [1.29, 1.82) is 0 Å². The molecule has 0 atom stereocenters. The van der Waals surface area contributed by atoms with Crippen LogP contribution in [0.25, 0.3) is 11.1 Å². The average Bonchev–Trinajstić information content (AvgIpc) is 2.65. The van der Waals surface area contributed by atoms with Crippen LogP contribution in [0.3, 0.4) is 0 Å². The topological polar surface area (TPSA) is 85.4 Å². The summed E-state index contributed by atoms with van der Waals surface area (Å²) in [6, 6.07) is 12.4. The molecule has 3 N–H and O–H groups in total. The van der Waals surface area contributed by atoms with Gasteiger partial charge < -0.3 is 15.6 Å². The number of primary amides is 1. The number of ether oxygens (including phenoxy) is 1. The molecule has 0 aliphatic heterocycles. The summed E-state index contributed by atoms with van der Waals surface area (Å²) in [6.07, 6.45) is 3.46. The van der Waals surface area contributed by atoms with Gasteiger partial charge in [0, 0.05) is 39.1 Å². The molecule has 0 aliphatic rings. The zero-order valence-electron chi connectivity index (χ0n) is 16.6. The first-order chi connectivity index (χ1) is 13.7. The second-order valence-corrected chi connectivity index (χ2v) is 8.74. The lowest BCUT2D eigenvalue weighted by Crippen LogP contribution is -2.18. The number of hydrogen-bond donors (Lipinski definition) is 2. The number of halogens is 1. The highest BCUT2D eigenvalue weighted by molar-refractivity contribution is 9.10. The maximum Gasteiger partial charge on any atom is 0.249 e. The van der Waals surface area contributed by atoms with Gasteiger partial charge in [0.15, 0.2) is 0 Å². The fraction of sp³-hybridized carbons (Fsp3) is 0.217. The third-order valence-electron chi connectivity index (χ3n) is 4.49. The van der Waals surface area contributed by atoms with Gasteiger partial charge in [0.1, 0.15) is 18.1 Å². The zero-order valence-corrected chi connectivity index (χ0v) is 18.2. The van der Waals surface area contributed by atoms with Gasteiger partial charge in [0.25, 0.3) is 0 Å². The first-order valence-electron chi connectivity index (χ1n) is 9.15. The van der Waals surface area contributed by atoms with E-state index in [4.69, 9.17) is 10.5 Å². The molecule has 0 fully saturated rings. The predicted molar refractivity (Wildman–Crippen MR) is 117 cm³/mol. The lowest BCUT2D eigenvalue weighted by molar-refractivity contribution is 0.100. The Morgan fingerprint density at radius 3 is 2.59 bits per heavy atom. The number of aromatic nitrogens is 1. The molecule has 6 heteroatoms. The van der Waals surface area contributed by atoms with E-state index in [-0.39, 0.29) is 5.75 Å². The first-order valence-corrected chi connectivity index (χ1v) is 9.95. The van der Waals surface area contributed by atoms with Crippen molar-refractivity contribution in [3.8, 4) is 22.6 Å². The number of rotatable bonds is 5. The molecule has 0 bridgehead atoms. The number of nitrogens with zero attached hydrogens (tertiary/aromatic N) is 1. The normalized spacial score (nSPS) is 11.3. The number of benzene rings is 2. The van der Waals surface area contributed by atoms with E-state index in [1.807, 2.05) is 51.1 Å².